The van der Waals surface area contributed by atoms with Crippen molar-refractivity contribution in [2.24, 2.45) is 5.92 Å². The maximum absolute atomic E-state index is 10.6. The zero-order chi connectivity index (χ0) is 8.15. The number of thioether (sulfide) groups is 1. The van der Waals surface area contributed by atoms with Gasteiger partial charge in [0.15, 0.2) is 5.12 Å². The molecule has 0 aromatic heterocycles. The second-order valence-corrected chi connectivity index (χ2v) is 3.51. The molecule has 0 saturated heterocycles. The highest BCUT2D eigenvalue weighted by atomic mass is 32.2. The summed E-state index contributed by atoms with van der Waals surface area (Å²) in [5.74, 6) is 0.771. The van der Waals surface area contributed by atoms with Gasteiger partial charge in [0.25, 0.3) is 0 Å². The van der Waals surface area contributed by atoms with Crippen LogP contribution in [-0.4, -0.2) is 16.7 Å². The van der Waals surface area contributed by atoms with Crippen molar-refractivity contribution >= 4 is 22.7 Å². The van der Waals surface area contributed by atoms with Gasteiger partial charge in [-0.1, -0.05) is 18.7 Å². The molecule has 0 aromatic rings. The third-order valence-corrected chi connectivity index (χ3v) is 2.30. The van der Waals surface area contributed by atoms with Gasteiger partial charge >= 0.3 is 0 Å². The predicted octanol–water partition coefficient (Wildman–Crippen LogP) is 1.49. The molecule has 3 heteroatoms. The van der Waals surface area contributed by atoms with Crippen molar-refractivity contribution < 1.29 is 9.59 Å². The van der Waals surface area contributed by atoms with Gasteiger partial charge in [0.2, 0.25) is 0 Å². The van der Waals surface area contributed by atoms with Crippen LogP contribution in [0.1, 0.15) is 20.8 Å². The van der Waals surface area contributed by atoms with Crippen molar-refractivity contribution in [3.63, 3.8) is 0 Å². The fourth-order valence-corrected chi connectivity index (χ4v) is 1.08. The Bertz CT molecular complexity index is 143. The molecule has 0 heterocycles. The Labute approximate surface area is 65.4 Å². The van der Waals surface area contributed by atoms with Crippen molar-refractivity contribution in [3.05, 3.63) is 0 Å². The summed E-state index contributed by atoms with van der Waals surface area (Å²) in [5, 5.41) is 0.0769. The molecule has 0 aromatic carbocycles. The van der Waals surface area contributed by atoms with E-state index in [2.05, 4.69) is 0 Å². The number of hydrogen-bond donors (Lipinski definition) is 0. The van der Waals surface area contributed by atoms with Crippen molar-refractivity contribution in [2.45, 2.75) is 20.8 Å². The number of rotatable bonds is 3. The fourth-order valence-electron chi connectivity index (χ4n) is 0.360. The molecule has 2 nitrogen and oxygen atoms in total. The average Bonchev–Trinajstić information content (AvgIpc) is 1.82. The van der Waals surface area contributed by atoms with Gasteiger partial charge in [-0.25, -0.2) is 0 Å². The van der Waals surface area contributed by atoms with Crippen LogP contribution >= 0.6 is 11.8 Å². The fraction of sp³-hybridized carbons (Fsp3) is 0.714. The van der Waals surface area contributed by atoms with Crippen LogP contribution < -0.4 is 0 Å². The predicted molar refractivity (Wildman–Crippen MR) is 43.0 cm³/mol. The molecule has 0 radical (unpaired) electrons. The van der Waals surface area contributed by atoms with Gasteiger partial charge in [0.05, 0.1) is 0 Å². The first-order valence-corrected chi connectivity index (χ1v) is 4.16. The second-order valence-electron chi connectivity index (χ2n) is 2.31. The summed E-state index contributed by atoms with van der Waals surface area (Å²) in [5.41, 5.74) is 0. The molecule has 1 atom stereocenters. The Morgan fingerprint density at radius 1 is 1.40 bits per heavy atom. The highest BCUT2D eigenvalue weighted by Crippen LogP contribution is 2.09. The van der Waals surface area contributed by atoms with Gasteiger partial charge in [0.1, 0.15) is 5.78 Å². The van der Waals surface area contributed by atoms with Gasteiger partial charge in [0, 0.05) is 18.6 Å². The van der Waals surface area contributed by atoms with E-state index in [9.17, 15) is 9.59 Å². The molecule has 0 saturated carbocycles. The Morgan fingerprint density at radius 3 is 2.20 bits per heavy atom. The lowest BCUT2D eigenvalue weighted by Gasteiger charge is -2.02. The number of hydrogen-bond acceptors (Lipinski definition) is 3. The van der Waals surface area contributed by atoms with Crippen LogP contribution in [-0.2, 0) is 9.59 Å². The summed E-state index contributed by atoms with van der Waals surface area (Å²) in [4.78, 5) is 21.1. The third-order valence-electron chi connectivity index (χ3n) is 1.23. The van der Waals surface area contributed by atoms with E-state index < -0.39 is 0 Å². The van der Waals surface area contributed by atoms with Crippen molar-refractivity contribution in [1.82, 2.24) is 0 Å². The van der Waals surface area contributed by atoms with E-state index in [1.807, 2.05) is 6.92 Å². The van der Waals surface area contributed by atoms with E-state index >= 15 is 0 Å². The summed E-state index contributed by atoms with van der Waals surface area (Å²) >= 11 is 1.21. The highest BCUT2D eigenvalue weighted by Gasteiger charge is 2.07. The Balaban J connectivity index is 3.49. The van der Waals surface area contributed by atoms with Crippen LogP contribution in [0, 0.1) is 5.92 Å². The SMILES string of the molecule is CC(=O)SCC(C)C(C)=O. The molecule has 1 unspecified atom stereocenters. The molecule has 0 spiro atoms. The molecule has 0 aliphatic heterocycles. The van der Waals surface area contributed by atoms with Gasteiger partial charge in [-0.15, -0.1) is 0 Å². The first-order chi connectivity index (χ1) is 4.54. The molecule has 10 heavy (non-hydrogen) atoms. The third kappa shape index (κ3) is 4.56. The number of ketones is 1. The molecule has 0 amide bonds. The maximum atomic E-state index is 10.6. The molecule has 0 N–H and O–H groups in total. The number of carbonyl (C=O) groups excluding carboxylic acids is 2. The zero-order valence-electron chi connectivity index (χ0n) is 6.51. The zero-order valence-corrected chi connectivity index (χ0v) is 7.33. The van der Waals surface area contributed by atoms with E-state index in [0.29, 0.717) is 5.75 Å². The summed E-state index contributed by atoms with van der Waals surface area (Å²) in [6, 6.07) is 0. The maximum Gasteiger partial charge on any atom is 0.185 e. The van der Waals surface area contributed by atoms with E-state index in [1.165, 1.54) is 18.7 Å². The largest absolute Gasteiger partial charge is 0.300 e. The van der Waals surface area contributed by atoms with Crippen LogP contribution in [0.15, 0.2) is 0 Å². The van der Waals surface area contributed by atoms with Gasteiger partial charge in [-0.2, -0.15) is 0 Å². The minimum atomic E-state index is 0.00824. The molecule has 0 bridgehead atoms. The molecule has 0 aliphatic rings. The van der Waals surface area contributed by atoms with Gasteiger partial charge < -0.3 is 0 Å². The molecular weight excluding hydrogens is 148 g/mol. The van der Waals surface area contributed by atoms with Crippen molar-refractivity contribution in [3.8, 4) is 0 Å². The Kier molecular flexibility index (Phi) is 4.36. The molecule has 0 fully saturated rings. The minimum Gasteiger partial charge on any atom is -0.300 e. The van der Waals surface area contributed by atoms with Gasteiger partial charge in [-0.3, -0.25) is 9.59 Å². The second kappa shape index (κ2) is 4.50. The monoisotopic (exact) mass is 160 g/mol. The number of carbonyl (C=O) groups is 2. The lowest BCUT2D eigenvalue weighted by Crippen LogP contribution is -2.09. The van der Waals surface area contributed by atoms with Crippen molar-refractivity contribution in [1.29, 1.82) is 0 Å². The summed E-state index contributed by atoms with van der Waals surface area (Å²) in [6.07, 6.45) is 0. The highest BCUT2D eigenvalue weighted by molar-refractivity contribution is 8.13. The Morgan fingerprint density at radius 2 is 1.90 bits per heavy atom. The quantitative estimate of drug-likeness (QED) is 0.627. The summed E-state index contributed by atoms with van der Waals surface area (Å²) < 4.78 is 0. The lowest BCUT2D eigenvalue weighted by molar-refractivity contribution is -0.119. The van der Waals surface area contributed by atoms with Crippen LogP contribution in [0.25, 0.3) is 0 Å². The summed E-state index contributed by atoms with van der Waals surface area (Å²) in [7, 11) is 0. The smallest absolute Gasteiger partial charge is 0.185 e. The Hall–Kier alpha value is -0.310. The normalized spacial score (nSPS) is 12.7. The first kappa shape index (κ1) is 9.69. The van der Waals surface area contributed by atoms with Crippen molar-refractivity contribution in [2.75, 3.05) is 5.75 Å². The average molecular weight is 160 g/mol. The standard InChI is InChI=1S/C7H12O2S/c1-5(6(2)8)4-10-7(3)9/h5H,4H2,1-3H3. The van der Waals surface area contributed by atoms with E-state index in [4.69, 9.17) is 0 Å². The van der Waals surface area contributed by atoms with Crippen LogP contribution in [0.4, 0.5) is 0 Å². The van der Waals surface area contributed by atoms with Gasteiger partial charge in [-0.05, 0) is 6.92 Å². The van der Waals surface area contributed by atoms with Crippen LogP contribution in [0.5, 0.6) is 0 Å². The first-order valence-electron chi connectivity index (χ1n) is 3.18. The molecular formula is C7H12O2S. The summed E-state index contributed by atoms with van der Waals surface area (Å²) in [6.45, 7) is 4.89. The lowest BCUT2D eigenvalue weighted by atomic mass is 10.1. The van der Waals surface area contributed by atoms with E-state index in [1.54, 1.807) is 6.92 Å². The molecule has 58 valence electrons. The minimum absolute atomic E-state index is 0.00824. The number of Topliss-reactive ketones (excluding diaryl/α,β-unsaturated/α-hetero) is 1. The van der Waals surface area contributed by atoms with E-state index in [0.717, 1.165) is 0 Å². The van der Waals surface area contributed by atoms with Crippen LogP contribution in [0.3, 0.4) is 0 Å². The topological polar surface area (TPSA) is 34.1 Å². The van der Waals surface area contributed by atoms with Crippen LogP contribution in [0.2, 0.25) is 0 Å². The molecule has 0 aliphatic carbocycles. The molecule has 0 rings (SSSR count). The van der Waals surface area contributed by atoms with E-state index in [-0.39, 0.29) is 16.8 Å².